The molecule has 4 heteroatoms. The molecule has 0 amide bonds. The van der Waals surface area contributed by atoms with Crippen molar-refractivity contribution in [3.63, 3.8) is 0 Å². The van der Waals surface area contributed by atoms with E-state index < -0.39 is 5.97 Å². The van der Waals surface area contributed by atoms with Crippen molar-refractivity contribution >= 4 is 11.7 Å². The molecule has 1 N–H and O–H groups in total. The summed E-state index contributed by atoms with van der Waals surface area (Å²) < 4.78 is 0. The van der Waals surface area contributed by atoms with Gasteiger partial charge in [-0.3, -0.25) is 0 Å². The SMILES string of the molecule is N#Cc1ccc(CN2CCc3cc(C(=O)O)ccc32)cc1. The largest absolute Gasteiger partial charge is 0.478 e. The lowest BCUT2D eigenvalue weighted by Gasteiger charge is -2.19. The number of nitrogens with zero attached hydrogens (tertiary/aromatic N) is 2. The third kappa shape index (κ3) is 2.59. The quantitative estimate of drug-likeness (QED) is 0.937. The number of rotatable bonds is 3. The maximum Gasteiger partial charge on any atom is 0.335 e. The van der Waals surface area contributed by atoms with Gasteiger partial charge in [-0.2, -0.15) is 5.26 Å². The Labute approximate surface area is 122 Å². The number of carboxylic acid groups (broad SMARTS) is 1. The predicted octanol–water partition coefficient (Wildman–Crippen LogP) is 2.82. The van der Waals surface area contributed by atoms with Crippen LogP contribution in [0.3, 0.4) is 0 Å². The van der Waals surface area contributed by atoms with Crippen molar-refractivity contribution in [2.75, 3.05) is 11.4 Å². The molecule has 21 heavy (non-hydrogen) atoms. The summed E-state index contributed by atoms with van der Waals surface area (Å²) in [6, 6.07) is 15.0. The molecule has 0 spiro atoms. The van der Waals surface area contributed by atoms with Crippen molar-refractivity contribution in [1.29, 1.82) is 5.26 Å². The van der Waals surface area contributed by atoms with Gasteiger partial charge in [-0.1, -0.05) is 12.1 Å². The normalized spacial score (nSPS) is 12.8. The van der Waals surface area contributed by atoms with E-state index in [1.807, 2.05) is 30.3 Å². The van der Waals surface area contributed by atoms with Crippen LogP contribution in [0.5, 0.6) is 0 Å². The molecule has 104 valence electrons. The Morgan fingerprint density at radius 2 is 2.00 bits per heavy atom. The van der Waals surface area contributed by atoms with Crippen molar-refractivity contribution in [3.05, 3.63) is 64.7 Å². The van der Waals surface area contributed by atoms with Crippen LogP contribution in [0.4, 0.5) is 5.69 Å². The maximum atomic E-state index is 11.0. The highest BCUT2D eigenvalue weighted by atomic mass is 16.4. The fourth-order valence-corrected chi connectivity index (χ4v) is 2.67. The summed E-state index contributed by atoms with van der Waals surface area (Å²) in [7, 11) is 0. The van der Waals surface area contributed by atoms with Crippen LogP contribution in [0.1, 0.15) is 27.0 Å². The Kier molecular flexibility index (Phi) is 3.33. The first-order valence-corrected chi connectivity index (χ1v) is 6.77. The second-order valence-electron chi connectivity index (χ2n) is 5.13. The Balaban J connectivity index is 1.81. The molecule has 1 aliphatic heterocycles. The smallest absolute Gasteiger partial charge is 0.335 e. The van der Waals surface area contributed by atoms with Crippen LogP contribution < -0.4 is 4.90 Å². The fraction of sp³-hybridized carbons (Fsp3) is 0.176. The molecule has 1 heterocycles. The van der Waals surface area contributed by atoms with Crippen LogP contribution >= 0.6 is 0 Å². The number of carboxylic acids is 1. The molecule has 0 aromatic heterocycles. The van der Waals surface area contributed by atoms with Gasteiger partial charge in [-0.25, -0.2) is 4.79 Å². The molecule has 2 aromatic carbocycles. The standard InChI is InChI=1S/C17H14N2O2/c18-10-12-1-3-13(4-2-12)11-19-8-7-14-9-15(17(20)21)5-6-16(14)19/h1-6,9H,7-8,11H2,(H,20,21). The molecule has 1 aliphatic rings. The lowest BCUT2D eigenvalue weighted by molar-refractivity contribution is 0.0697. The molecule has 0 saturated heterocycles. The number of carbonyl (C=O) groups is 1. The van der Waals surface area contributed by atoms with Crippen molar-refractivity contribution in [2.24, 2.45) is 0 Å². The Hall–Kier alpha value is -2.80. The predicted molar refractivity (Wildman–Crippen MR) is 79.3 cm³/mol. The molecule has 0 unspecified atom stereocenters. The molecular weight excluding hydrogens is 264 g/mol. The second-order valence-corrected chi connectivity index (χ2v) is 5.13. The number of fused-ring (bicyclic) bond motifs is 1. The summed E-state index contributed by atoms with van der Waals surface area (Å²) >= 11 is 0. The number of anilines is 1. The van der Waals surface area contributed by atoms with Crippen LogP contribution in [-0.4, -0.2) is 17.6 Å². The molecule has 4 nitrogen and oxygen atoms in total. The van der Waals surface area contributed by atoms with Gasteiger partial charge in [0.1, 0.15) is 0 Å². The summed E-state index contributed by atoms with van der Waals surface area (Å²) in [5, 5.41) is 17.8. The van der Waals surface area contributed by atoms with Crippen LogP contribution in [-0.2, 0) is 13.0 Å². The first-order valence-electron chi connectivity index (χ1n) is 6.77. The number of aromatic carboxylic acids is 1. The van der Waals surface area contributed by atoms with Gasteiger partial charge in [0.25, 0.3) is 0 Å². The van der Waals surface area contributed by atoms with E-state index in [0.29, 0.717) is 11.1 Å². The van der Waals surface area contributed by atoms with E-state index in [1.165, 1.54) is 0 Å². The molecule has 0 atom stereocenters. The van der Waals surface area contributed by atoms with Gasteiger partial charge < -0.3 is 10.0 Å². The highest BCUT2D eigenvalue weighted by molar-refractivity contribution is 5.88. The van der Waals surface area contributed by atoms with Crippen molar-refractivity contribution in [2.45, 2.75) is 13.0 Å². The molecule has 0 radical (unpaired) electrons. The van der Waals surface area contributed by atoms with Crippen LogP contribution in [0.2, 0.25) is 0 Å². The topological polar surface area (TPSA) is 64.3 Å². The molecular formula is C17H14N2O2. The second kappa shape index (κ2) is 5.29. The summed E-state index contributed by atoms with van der Waals surface area (Å²) in [5.41, 5.74) is 4.33. The van der Waals surface area contributed by atoms with E-state index in [1.54, 1.807) is 12.1 Å². The minimum atomic E-state index is -0.886. The highest BCUT2D eigenvalue weighted by Crippen LogP contribution is 2.30. The Bertz CT molecular complexity index is 729. The monoisotopic (exact) mass is 278 g/mol. The number of hydrogen-bond acceptors (Lipinski definition) is 3. The van der Waals surface area contributed by atoms with Gasteiger partial charge in [0.05, 0.1) is 17.2 Å². The Morgan fingerprint density at radius 3 is 2.67 bits per heavy atom. The third-order valence-corrected chi connectivity index (χ3v) is 3.77. The average Bonchev–Trinajstić information content (AvgIpc) is 2.90. The number of benzene rings is 2. The van der Waals surface area contributed by atoms with E-state index in [4.69, 9.17) is 10.4 Å². The fourth-order valence-electron chi connectivity index (χ4n) is 2.67. The van der Waals surface area contributed by atoms with Gasteiger partial charge in [-0.05, 0) is 47.9 Å². The van der Waals surface area contributed by atoms with E-state index in [0.717, 1.165) is 36.3 Å². The molecule has 3 rings (SSSR count). The number of nitriles is 1. The average molecular weight is 278 g/mol. The van der Waals surface area contributed by atoms with E-state index in [-0.39, 0.29) is 0 Å². The van der Waals surface area contributed by atoms with E-state index >= 15 is 0 Å². The summed E-state index contributed by atoms with van der Waals surface area (Å²) in [4.78, 5) is 13.2. The first-order chi connectivity index (χ1) is 10.2. The lowest BCUT2D eigenvalue weighted by Crippen LogP contribution is -2.19. The van der Waals surface area contributed by atoms with Gasteiger partial charge in [-0.15, -0.1) is 0 Å². The maximum absolute atomic E-state index is 11.0. The van der Waals surface area contributed by atoms with Gasteiger partial charge in [0, 0.05) is 18.8 Å². The van der Waals surface area contributed by atoms with Crippen LogP contribution in [0.15, 0.2) is 42.5 Å². The number of hydrogen-bond donors (Lipinski definition) is 1. The van der Waals surface area contributed by atoms with Gasteiger partial charge in [0.2, 0.25) is 0 Å². The first kappa shape index (κ1) is 13.2. The molecule has 0 aliphatic carbocycles. The zero-order valence-electron chi connectivity index (χ0n) is 11.4. The summed E-state index contributed by atoms with van der Waals surface area (Å²) in [5.74, 6) is -0.886. The minimum absolute atomic E-state index is 0.342. The highest BCUT2D eigenvalue weighted by Gasteiger charge is 2.20. The van der Waals surface area contributed by atoms with Crippen molar-refractivity contribution in [3.8, 4) is 6.07 Å². The zero-order valence-corrected chi connectivity index (χ0v) is 11.4. The zero-order chi connectivity index (χ0) is 14.8. The Morgan fingerprint density at radius 1 is 1.24 bits per heavy atom. The minimum Gasteiger partial charge on any atom is -0.478 e. The van der Waals surface area contributed by atoms with Gasteiger partial charge >= 0.3 is 5.97 Å². The summed E-state index contributed by atoms with van der Waals surface area (Å²) in [6.45, 7) is 1.66. The van der Waals surface area contributed by atoms with E-state index in [9.17, 15) is 4.79 Å². The molecule has 0 saturated carbocycles. The molecule has 0 fully saturated rings. The van der Waals surface area contributed by atoms with Crippen LogP contribution in [0, 0.1) is 11.3 Å². The summed E-state index contributed by atoms with van der Waals surface area (Å²) in [6.07, 6.45) is 0.868. The van der Waals surface area contributed by atoms with E-state index in [2.05, 4.69) is 11.0 Å². The lowest BCUT2D eigenvalue weighted by atomic mass is 10.1. The molecule has 2 aromatic rings. The van der Waals surface area contributed by atoms with Gasteiger partial charge in [0.15, 0.2) is 0 Å². The van der Waals surface area contributed by atoms with Crippen LogP contribution in [0.25, 0.3) is 0 Å². The van der Waals surface area contributed by atoms with Crippen molar-refractivity contribution < 1.29 is 9.90 Å². The third-order valence-electron chi connectivity index (χ3n) is 3.77. The van der Waals surface area contributed by atoms with Crippen molar-refractivity contribution in [1.82, 2.24) is 0 Å². The molecule has 0 bridgehead atoms.